The predicted molar refractivity (Wildman–Crippen MR) is 98.0 cm³/mol. The van der Waals surface area contributed by atoms with Gasteiger partial charge in [-0.15, -0.1) is 0 Å². The summed E-state index contributed by atoms with van der Waals surface area (Å²) in [4.78, 5) is 0.414. The highest BCUT2D eigenvalue weighted by atomic mass is 35.5. The molecule has 130 valence electrons. The minimum Gasteiger partial charge on any atom is -0.454 e. The third-order valence-corrected chi connectivity index (χ3v) is 7.32. The van der Waals surface area contributed by atoms with Crippen LogP contribution in [0.5, 0.6) is 11.5 Å². The molecule has 5 nitrogen and oxygen atoms in total. The van der Waals surface area contributed by atoms with Gasteiger partial charge in [0, 0.05) is 16.9 Å². The average molecular weight is 396 g/mol. The monoisotopic (exact) mass is 395 g/mol. The molecule has 0 saturated heterocycles. The van der Waals surface area contributed by atoms with Crippen molar-refractivity contribution in [2.45, 2.75) is 16.1 Å². The molecule has 0 aromatic heterocycles. The highest BCUT2D eigenvalue weighted by molar-refractivity contribution is 7.92. The molecule has 0 radical (unpaired) electrons. The number of rotatable bonds is 4. The SMILES string of the molecule is NC(=S)[C@@H]1[C@@H](c2ccc3c(c2)OCO3)[C@@H]1S(=O)(=O)c1ccc(Cl)cc1. The van der Waals surface area contributed by atoms with Crippen molar-refractivity contribution in [3.63, 3.8) is 0 Å². The van der Waals surface area contributed by atoms with Crippen molar-refractivity contribution in [3.05, 3.63) is 53.1 Å². The summed E-state index contributed by atoms with van der Waals surface area (Å²) in [5.41, 5.74) is 6.64. The van der Waals surface area contributed by atoms with E-state index in [-0.39, 0.29) is 22.6 Å². The highest BCUT2D eigenvalue weighted by Crippen LogP contribution is 2.55. The van der Waals surface area contributed by atoms with E-state index in [2.05, 4.69) is 0 Å². The number of nitrogens with two attached hydrogens (primary N) is 1. The molecule has 0 spiro atoms. The Morgan fingerprint density at radius 3 is 2.48 bits per heavy atom. The van der Waals surface area contributed by atoms with Crippen LogP contribution in [0.25, 0.3) is 0 Å². The van der Waals surface area contributed by atoms with Crippen LogP contribution in [0.2, 0.25) is 5.02 Å². The lowest BCUT2D eigenvalue weighted by Crippen LogP contribution is -2.17. The van der Waals surface area contributed by atoms with Crippen LogP contribution < -0.4 is 15.2 Å². The van der Waals surface area contributed by atoms with Crippen molar-refractivity contribution in [2.24, 2.45) is 11.7 Å². The number of benzene rings is 2. The molecule has 2 N–H and O–H groups in total. The Kier molecular flexibility index (Phi) is 3.90. The van der Waals surface area contributed by atoms with Gasteiger partial charge in [-0.3, -0.25) is 0 Å². The molecule has 1 heterocycles. The lowest BCUT2D eigenvalue weighted by Gasteiger charge is -2.05. The smallest absolute Gasteiger partial charge is 0.231 e. The van der Waals surface area contributed by atoms with Gasteiger partial charge in [-0.25, -0.2) is 8.42 Å². The molecule has 4 rings (SSSR count). The predicted octanol–water partition coefficient (Wildman–Crippen LogP) is 2.91. The van der Waals surface area contributed by atoms with E-state index in [0.717, 1.165) is 5.56 Å². The van der Waals surface area contributed by atoms with E-state index < -0.39 is 21.0 Å². The van der Waals surface area contributed by atoms with Gasteiger partial charge in [-0.05, 0) is 42.0 Å². The number of hydrogen-bond donors (Lipinski definition) is 1. The number of ether oxygens (including phenoxy) is 2. The maximum Gasteiger partial charge on any atom is 0.231 e. The molecule has 2 aliphatic rings. The second-order valence-corrected chi connectivity index (χ2v) is 9.04. The minimum absolute atomic E-state index is 0.161. The van der Waals surface area contributed by atoms with Gasteiger partial charge in [0.2, 0.25) is 6.79 Å². The standard InChI is InChI=1S/C17H14ClNO4S2/c18-10-2-4-11(5-3-10)25(20,21)16-14(15(16)17(19)24)9-1-6-12-13(7-9)23-8-22-12/h1-7,14-16H,8H2,(H2,19,24)/t14-,15-,16+/m1/s1. The van der Waals surface area contributed by atoms with Crippen molar-refractivity contribution in [3.8, 4) is 11.5 Å². The molecule has 25 heavy (non-hydrogen) atoms. The Morgan fingerprint density at radius 1 is 1.12 bits per heavy atom. The van der Waals surface area contributed by atoms with Crippen LogP contribution >= 0.6 is 23.8 Å². The van der Waals surface area contributed by atoms with Crippen LogP contribution in [-0.4, -0.2) is 25.4 Å². The molecule has 0 amide bonds. The summed E-state index contributed by atoms with van der Waals surface area (Å²) >= 11 is 11.0. The summed E-state index contributed by atoms with van der Waals surface area (Å²) in [5.74, 6) is 0.547. The average Bonchev–Trinajstić information content (AvgIpc) is 3.18. The van der Waals surface area contributed by atoms with Crippen molar-refractivity contribution in [1.29, 1.82) is 0 Å². The van der Waals surface area contributed by atoms with Crippen LogP contribution in [-0.2, 0) is 9.84 Å². The van der Waals surface area contributed by atoms with E-state index in [4.69, 9.17) is 39.0 Å². The molecule has 1 fully saturated rings. The molecule has 2 aromatic carbocycles. The normalized spacial score (nSPS) is 24.1. The van der Waals surface area contributed by atoms with Crippen LogP contribution in [0.1, 0.15) is 11.5 Å². The van der Waals surface area contributed by atoms with Crippen LogP contribution in [0.4, 0.5) is 0 Å². The molecule has 1 saturated carbocycles. The van der Waals surface area contributed by atoms with E-state index >= 15 is 0 Å². The number of halogens is 1. The Labute approximate surface area is 155 Å². The molecule has 2 aromatic rings. The molecule has 8 heteroatoms. The van der Waals surface area contributed by atoms with Crippen LogP contribution in [0.3, 0.4) is 0 Å². The van der Waals surface area contributed by atoms with Gasteiger partial charge in [0.15, 0.2) is 21.3 Å². The third kappa shape index (κ3) is 2.76. The van der Waals surface area contributed by atoms with Crippen LogP contribution in [0.15, 0.2) is 47.4 Å². The van der Waals surface area contributed by atoms with Gasteiger partial charge in [-0.2, -0.15) is 0 Å². The largest absolute Gasteiger partial charge is 0.454 e. The van der Waals surface area contributed by atoms with E-state index in [1.165, 1.54) is 12.1 Å². The van der Waals surface area contributed by atoms with Crippen molar-refractivity contribution in [2.75, 3.05) is 6.79 Å². The van der Waals surface area contributed by atoms with Crippen LogP contribution in [0, 0.1) is 5.92 Å². The van der Waals surface area contributed by atoms with E-state index in [9.17, 15) is 8.42 Å². The van der Waals surface area contributed by atoms with Crippen molar-refractivity contribution in [1.82, 2.24) is 0 Å². The summed E-state index contributed by atoms with van der Waals surface area (Å²) in [7, 11) is -3.59. The Bertz CT molecular complexity index is 959. The second-order valence-electron chi connectivity index (χ2n) is 6.03. The summed E-state index contributed by atoms with van der Waals surface area (Å²) < 4.78 is 36.7. The summed E-state index contributed by atoms with van der Waals surface area (Å²) in [6, 6.07) is 11.5. The first-order valence-corrected chi connectivity index (χ1v) is 9.91. The van der Waals surface area contributed by atoms with Gasteiger partial charge in [-0.1, -0.05) is 29.9 Å². The first kappa shape index (κ1) is 16.6. The van der Waals surface area contributed by atoms with E-state index in [1.807, 2.05) is 6.07 Å². The molecule has 3 atom stereocenters. The minimum atomic E-state index is -3.59. The zero-order valence-electron chi connectivity index (χ0n) is 12.9. The third-order valence-electron chi connectivity index (χ3n) is 4.56. The Hall–Kier alpha value is -1.83. The summed E-state index contributed by atoms with van der Waals surface area (Å²) in [6.45, 7) is 0.161. The first-order chi connectivity index (χ1) is 11.9. The van der Waals surface area contributed by atoms with Gasteiger partial charge >= 0.3 is 0 Å². The molecular weight excluding hydrogens is 382 g/mol. The fraction of sp³-hybridized carbons (Fsp3) is 0.235. The molecule has 1 aliphatic carbocycles. The number of sulfone groups is 1. The summed E-state index contributed by atoms with van der Waals surface area (Å²) in [5, 5.41) is -0.209. The number of fused-ring (bicyclic) bond motifs is 1. The lowest BCUT2D eigenvalue weighted by molar-refractivity contribution is 0.174. The first-order valence-electron chi connectivity index (χ1n) is 7.58. The molecule has 1 aliphatic heterocycles. The van der Waals surface area contributed by atoms with Gasteiger partial charge in [0.1, 0.15) is 0 Å². The van der Waals surface area contributed by atoms with Gasteiger partial charge < -0.3 is 15.2 Å². The van der Waals surface area contributed by atoms with Gasteiger partial charge in [0.25, 0.3) is 0 Å². The fourth-order valence-electron chi connectivity index (χ4n) is 3.31. The van der Waals surface area contributed by atoms with Crippen molar-refractivity contribution >= 4 is 38.6 Å². The second kappa shape index (κ2) is 5.86. The number of thiocarbonyl (C=S) groups is 1. The van der Waals surface area contributed by atoms with Gasteiger partial charge in [0.05, 0.1) is 15.1 Å². The molecule has 0 bridgehead atoms. The highest BCUT2D eigenvalue weighted by Gasteiger charge is 2.60. The zero-order chi connectivity index (χ0) is 17.8. The number of hydrogen-bond acceptors (Lipinski definition) is 5. The Balaban J connectivity index is 1.71. The van der Waals surface area contributed by atoms with E-state index in [0.29, 0.717) is 16.5 Å². The maximum atomic E-state index is 13.0. The molecular formula is C17H14ClNO4S2. The maximum absolute atomic E-state index is 13.0. The zero-order valence-corrected chi connectivity index (χ0v) is 15.3. The summed E-state index contributed by atoms with van der Waals surface area (Å²) in [6.07, 6.45) is 0. The fourth-order valence-corrected chi connectivity index (χ4v) is 5.97. The van der Waals surface area contributed by atoms with E-state index in [1.54, 1.807) is 24.3 Å². The lowest BCUT2D eigenvalue weighted by atomic mass is 10.1. The Morgan fingerprint density at radius 2 is 1.80 bits per heavy atom. The van der Waals surface area contributed by atoms with Crippen molar-refractivity contribution < 1.29 is 17.9 Å². The molecule has 0 unspecified atom stereocenters. The quantitative estimate of drug-likeness (QED) is 0.802. The topological polar surface area (TPSA) is 78.6 Å².